The molecule has 0 aromatic rings. The summed E-state index contributed by atoms with van der Waals surface area (Å²) >= 11 is 1.91. The smallest absolute Gasteiger partial charge is 0.0210 e. The number of nitrogens with zero attached hydrogens (tertiary/aromatic N) is 3. The lowest BCUT2D eigenvalue weighted by atomic mass is 10.0. The SMILES string of the molecule is CSN1CCC(CN2CCNC(CC(C)N3CCC(CCN)C3)C2)C1. The Labute approximate surface area is 159 Å². The Balaban J connectivity index is 1.39. The Morgan fingerprint density at radius 2 is 1.96 bits per heavy atom. The van der Waals surface area contributed by atoms with Crippen LogP contribution in [0.15, 0.2) is 0 Å². The number of nitrogens with two attached hydrogens (primary N) is 1. The van der Waals surface area contributed by atoms with Crippen molar-refractivity contribution in [2.24, 2.45) is 17.6 Å². The van der Waals surface area contributed by atoms with E-state index in [0.717, 1.165) is 24.9 Å². The molecule has 0 spiro atoms. The van der Waals surface area contributed by atoms with E-state index in [1.54, 1.807) is 0 Å². The van der Waals surface area contributed by atoms with E-state index in [4.69, 9.17) is 5.73 Å². The first kappa shape index (κ1) is 19.9. The molecule has 5 nitrogen and oxygen atoms in total. The van der Waals surface area contributed by atoms with Gasteiger partial charge in [-0.3, -0.25) is 4.31 Å². The topological polar surface area (TPSA) is 47.8 Å². The second-order valence-corrected chi connectivity index (χ2v) is 9.33. The number of rotatable bonds is 8. The van der Waals surface area contributed by atoms with Gasteiger partial charge in [0.2, 0.25) is 0 Å². The molecule has 3 N–H and O–H groups in total. The Kier molecular flexibility index (Phi) is 7.88. The van der Waals surface area contributed by atoms with Crippen LogP contribution in [0.2, 0.25) is 0 Å². The van der Waals surface area contributed by atoms with E-state index >= 15 is 0 Å². The van der Waals surface area contributed by atoms with E-state index < -0.39 is 0 Å². The first-order chi connectivity index (χ1) is 12.2. The summed E-state index contributed by atoms with van der Waals surface area (Å²) in [6, 6.07) is 1.36. The van der Waals surface area contributed by atoms with E-state index in [2.05, 4.69) is 32.6 Å². The van der Waals surface area contributed by atoms with Gasteiger partial charge in [0.1, 0.15) is 0 Å². The lowest BCUT2D eigenvalue weighted by Crippen LogP contribution is -2.53. The van der Waals surface area contributed by atoms with Crippen LogP contribution in [-0.4, -0.2) is 91.3 Å². The van der Waals surface area contributed by atoms with Crippen LogP contribution in [0.1, 0.15) is 32.6 Å². The van der Waals surface area contributed by atoms with Gasteiger partial charge in [0, 0.05) is 57.9 Å². The van der Waals surface area contributed by atoms with E-state index in [9.17, 15) is 0 Å². The molecule has 3 aliphatic heterocycles. The van der Waals surface area contributed by atoms with Gasteiger partial charge in [0.15, 0.2) is 0 Å². The van der Waals surface area contributed by atoms with Gasteiger partial charge >= 0.3 is 0 Å². The number of likely N-dealkylation sites (tertiary alicyclic amines) is 1. The molecule has 0 radical (unpaired) electrons. The zero-order valence-corrected chi connectivity index (χ0v) is 17.1. The van der Waals surface area contributed by atoms with Crippen LogP contribution in [0.25, 0.3) is 0 Å². The molecule has 0 saturated carbocycles. The zero-order valence-electron chi connectivity index (χ0n) is 16.3. The van der Waals surface area contributed by atoms with E-state index in [-0.39, 0.29) is 0 Å². The molecule has 3 saturated heterocycles. The second-order valence-electron chi connectivity index (χ2n) is 8.45. The van der Waals surface area contributed by atoms with Crippen molar-refractivity contribution >= 4 is 11.9 Å². The maximum Gasteiger partial charge on any atom is 0.0210 e. The highest BCUT2D eigenvalue weighted by atomic mass is 32.2. The summed E-state index contributed by atoms with van der Waals surface area (Å²) in [5, 5.41) is 3.78. The summed E-state index contributed by atoms with van der Waals surface area (Å²) in [5.74, 6) is 1.71. The van der Waals surface area contributed by atoms with Crippen molar-refractivity contribution in [1.29, 1.82) is 0 Å². The highest BCUT2D eigenvalue weighted by Gasteiger charge is 2.30. The molecule has 3 heterocycles. The molecule has 3 fully saturated rings. The van der Waals surface area contributed by atoms with Gasteiger partial charge in [-0.05, 0) is 63.8 Å². The fourth-order valence-electron chi connectivity index (χ4n) is 4.99. The molecule has 0 bridgehead atoms. The minimum atomic E-state index is 0.662. The lowest BCUT2D eigenvalue weighted by Gasteiger charge is -2.37. The number of hydrogen-bond acceptors (Lipinski definition) is 6. The van der Waals surface area contributed by atoms with E-state index in [0.29, 0.717) is 12.1 Å². The first-order valence-corrected chi connectivity index (χ1v) is 11.5. The van der Waals surface area contributed by atoms with Gasteiger partial charge in [0.05, 0.1) is 0 Å². The Morgan fingerprint density at radius 3 is 2.72 bits per heavy atom. The molecule has 0 aliphatic carbocycles. The molecule has 6 heteroatoms. The molecule has 146 valence electrons. The molecule has 0 amide bonds. The van der Waals surface area contributed by atoms with Crippen LogP contribution in [0, 0.1) is 11.8 Å². The Bertz CT molecular complexity index is 396. The fraction of sp³-hybridized carbons (Fsp3) is 1.00. The number of piperazine rings is 1. The molecule has 0 aromatic heterocycles. The average molecular weight is 370 g/mol. The standard InChI is InChI=1S/C19H39N5S/c1-16(23-8-4-17(13-23)3-6-20)11-19-15-22(10-7-21-19)12-18-5-9-24(14-18)25-2/h16-19,21H,3-15,20H2,1-2H3. The van der Waals surface area contributed by atoms with Crippen molar-refractivity contribution in [2.45, 2.75) is 44.7 Å². The third-order valence-electron chi connectivity index (χ3n) is 6.50. The van der Waals surface area contributed by atoms with Crippen LogP contribution < -0.4 is 11.1 Å². The molecular weight excluding hydrogens is 330 g/mol. The van der Waals surface area contributed by atoms with Crippen LogP contribution in [0.5, 0.6) is 0 Å². The predicted molar refractivity (Wildman–Crippen MR) is 109 cm³/mol. The third kappa shape index (κ3) is 5.81. The van der Waals surface area contributed by atoms with Crippen molar-refractivity contribution < 1.29 is 0 Å². The molecule has 0 aromatic carbocycles. The lowest BCUT2D eigenvalue weighted by molar-refractivity contribution is 0.146. The number of nitrogens with one attached hydrogen (secondary N) is 1. The van der Waals surface area contributed by atoms with Gasteiger partial charge < -0.3 is 20.9 Å². The maximum atomic E-state index is 5.74. The molecule has 4 atom stereocenters. The van der Waals surface area contributed by atoms with E-state index in [1.807, 2.05) is 11.9 Å². The summed E-state index contributed by atoms with van der Waals surface area (Å²) in [6.07, 6.45) is 7.42. The van der Waals surface area contributed by atoms with Crippen LogP contribution in [0.3, 0.4) is 0 Å². The zero-order chi connectivity index (χ0) is 17.6. The Morgan fingerprint density at radius 1 is 1.12 bits per heavy atom. The number of hydrogen-bond donors (Lipinski definition) is 2. The van der Waals surface area contributed by atoms with E-state index in [1.165, 1.54) is 71.5 Å². The predicted octanol–water partition coefficient (Wildman–Crippen LogP) is 1.31. The van der Waals surface area contributed by atoms with Crippen LogP contribution in [-0.2, 0) is 0 Å². The largest absolute Gasteiger partial charge is 0.330 e. The normalized spacial score (nSPS) is 34.0. The van der Waals surface area contributed by atoms with Gasteiger partial charge in [0.25, 0.3) is 0 Å². The first-order valence-electron chi connectivity index (χ1n) is 10.4. The van der Waals surface area contributed by atoms with Gasteiger partial charge in [-0.15, -0.1) is 0 Å². The monoisotopic (exact) mass is 369 g/mol. The quantitative estimate of drug-likeness (QED) is 0.629. The summed E-state index contributed by atoms with van der Waals surface area (Å²) in [4.78, 5) is 5.43. The third-order valence-corrected chi connectivity index (χ3v) is 7.35. The maximum absolute atomic E-state index is 5.74. The van der Waals surface area contributed by atoms with Gasteiger partial charge in [-0.1, -0.05) is 11.9 Å². The second kappa shape index (κ2) is 9.90. The van der Waals surface area contributed by atoms with Crippen molar-refractivity contribution in [3.05, 3.63) is 0 Å². The van der Waals surface area contributed by atoms with Gasteiger partial charge in [-0.25, -0.2) is 0 Å². The molecule has 4 unspecified atom stereocenters. The minimum absolute atomic E-state index is 0.662. The van der Waals surface area contributed by atoms with Gasteiger partial charge in [-0.2, -0.15) is 0 Å². The highest BCUT2D eigenvalue weighted by molar-refractivity contribution is 7.96. The van der Waals surface area contributed by atoms with Crippen molar-refractivity contribution in [3.8, 4) is 0 Å². The molecule has 25 heavy (non-hydrogen) atoms. The fourth-order valence-corrected chi connectivity index (χ4v) is 5.64. The summed E-state index contributed by atoms with van der Waals surface area (Å²) in [6.45, 7) is 13.3. The van der Waals surface area contributed by atoms with Crippen LogP contribution >= 0.6 is 11.9 Å². The van der Waals surface area contributed by atoms with Crippen molar-refractivity contribution in [1.82, 2.24) is 19.4 Å². The minimum Gasteiger partial charge on any atom is -0.330 e. The molecular formula is C19H39N5S. The van der Waals surface area contributed by atoms with Crippen molar-refractivity contribution in [3.63, 3.8) is 0 Å². The van der Waals surface area contributed by atoms with Crippen molar-refractivity contribution in [2.75, 3.05) is 65.2 Å². The molecule has 3 rings (SSSR count). The Hall–Kier alpha value is 0.150. The summed E-state index contributed by atoms with van der Waals surface area (Å²) in [7, 11) is 0. The van der Waals surface area contributed by atoms with Crippen LogP contribution in [0.4, 0.5) is 0 Å². The summed E-state index contributed by atoms with van der Waals surface area (Å²) < 4.78 is 2.53. The molecule has 3 aliphatic rings. The highest BCUT2D eigenvalue weighted by Crippen LogP contribution is 2.25. The average Bonchev–Trinajstić information content (AvgIpc) is 3.25. The summed E-state index contributed by atoms with van der Waals surface area (Å²) in [5.41, 5.74) is 5.74.